The molecule has 8 heteroatoms. The molecular weight excluding hydrogens is 282 g/mol. The maximum Gasteiger partial charge on any atom is 0.258 e. The third-order valence-corrected chi connectivity index (χ3v) is 3.77. The van der Waals surface area contributed by atoms with E-state index < -0.39 is 0 Å². The van der Waals surface area contributed by atoms with Gasteiger partial charge in [-0.2, -0.15) is 14.8 Å². The van der Waals surface area contributed by atoms with Crippen LogP contribution in [0.15, 0.2) is 24.5 Å². The van der Waals surface area contributed by atoms with Crippen molar-refractivity contribution in [2.24, 2.45) is 0 Å². The van der Waals surface area contributed by atoms with Crippen LogP contribution < -0.4 is 5.73 Å². The Bertz CT molecular complexity index is 901. The van der Waals surface area contributed by atoms with Crippen molar-refractivity contribution in [1.82, 2.24) is 29.7 Å². The monoisotopic (exact) mass is 295 g/mol. The van der Waals surface area contributed by atoms with Crippen LogP contribution in [-0.2, 0) is 13.1 Å². The molecule has 2 N–H and O–H groups in total. The molecule has 0 bridgehead atoms. The van der Waals surface area contributed by atoms with E-state index in [-0.39, 0.29) is 11.9 Å². The van der Waals surface area contributed by atoms with Gasteiger partial charge in [0.15, 0.2) is 0 Å². The Morgan fingerprint density at radius 1 is 1.36 bits per heavy atom. The van der Waals surface area contributed by atoms with E-state index in [1.165, 1.54) is 4.63 Å². The summed E-state index contributed by atoms with van der Waals surface area (Å²) >= 11 is 0. The predicted molar refractivity (Wildman–Crippen MR) is 77.7 cm³/mol. The molecule has 0 aliphatic carbocycles. The summed E-state index contributed by atoms with van der Waals surface area (Å²) < 4.78 is 1.48. The topological polar surface area (TPSA) is 102 Å². The Kier molecular flexibility index (Phi) is 2.59. The molecule has 0 atom stereocenters. The van der Waals surface area contributed by atoms with Gasteiger partial charge in [-0.05, 0) is 19.1 Å². The molecule has 3 aromatic rings. The van der Waals surface area contributed by atoms with Crippen molar-refractivity contribution in [3.63, 3.8) is 0 Å². The molecule has 8 nitrogen and oxygen atoms in total. The first-order valence-electron chi connectivity index (χ1n) is 6.83. The van der Waals surface area contributed by atoms with Crippen molar-refractivity contribution in [2.45, 2.75) is 20.0 Å². The number of nitrogen functional groups attached to an aromatic ring is 1. The molecular formula is C14H13N7O. The molecule has 0 spiro atoms. The Labute approximate surface area is 125 Å². The molecule has 1 aliphatic rings. The van der Waals surface area contributed by atoms with Crippen LogP contribution in [0.1, 0.15) is 27.3 Å². The number of hydrogen-bond acceptors (Lipinski definition) is 6. The minimum absolute atomic E-state index is 0.0860. The van der Waals surface area contributed by atoms with Gasteiger partial charge in [0.05, 0.1) is 23.5 Å². The highest BCUT2D eigenvalue weighted by molar-refractivity contribution is 6.02. The molecule has 1 amide bonds. The van der Waals surface area contributed by atoms with Crippen molar-refractivity contribution in [3.05, 3.63) is 47.0 Å². The van der Waals surface area contributed by atoms with E-state index in [2.05, 4.69) is 20.2 Å². The lowest BCUT2D eigenvalue weighted by Gasteiger charge is -2.14. The van der Waals surface area contributed by atoms with Crippen molar-refractivity contribution in [1.29, 1.82) is 0 Å². The van der Waals surface area contributed by atoms with Crippen LogP contribution in [0.2, 0.25) is 0 Å². The normalized spacial score (nSPS) is 13.6. The number of aryl methyl sites for hydroxylation is 1. The Balaban J connectivity index is 1.72. The van der Waals surface area contributed by atoms with E-state index in [9.17, 15) is 4.79 Å². The van der Waals surface area contributed by atoms with Crippen LogP contribution in [0.3, 0.4) is 0 Å². The molecule has 0 fully saturated rings. The molecule has 3 aromatic heterocycles. The van der Waals surface area contributed by atoms with E-state index in [0.29, 0.717) is 29.9 Å². The quantitative estimate of drug-likeness (QED) is 0.704. The van der Waals surface area contributed by atoms with E-state index in [4.69, 9.17) is 5.73 Å². The van der Waals surface area contributed by atoms with E-state index in [1.54, 1.807) is 23.4 Å². The Hall–Kier alpha value is -3.03. The summed E-state index contributed by atoms with van der Waals surface area (Å²) in [5.41, 5.74) is 9.25. The molecule has 4 heterocycles. The molecule has 4 rings (SSSR count). The summed E-state index contributed by atoms with van der Waals surface area (Å²) in [7, 11) is 0. The minimum Gasteiger partial charge on any atom is -0.368 e. The minimum atomic E-state index is -0.0860. The van der Waals surface area contributed by atoms with Crippen molar-refractivity contribution in [3.8, 4) is 0 Å². The summed E-state index contributed by atoms with van der Waals surface area (Å²) in [5, 5.41) is 8.40. The average molecular weight is 295 g/mol. The lowest BCUT2D eigenvalue weighted by atomic mass is 10.2. The molecule has 0 saturated heterocycles. The van der Waals surface area contributed by atoms with Gasteiger partial charge in [-0.1, -0.05) is 0 Å². The lowest BCUT2D eigenvalue weighted by molar-refractivity contribution is 0.0751. The van der Waals surface area contributed by atoms with E-state index >= 15 is 0 Å². The molecule has 1 aliphatic heterocycles. The fourth-order valence-electron chi connectivity index (χ4n) is 2.74. The second-order valence-electron chi connectivity index (χ2n) is 5.22. The zero-order valence-corrected chi connectivity index (χ0v) is 11.9. The smallest absolute Gasteiger partial charge is 0.258 e. The SMILES string of the molecule is Cc1nn2ncccc2c1C(=O)N1Cc2cnc(N)nc2C1. The third kappa shape index (κ3) is 1.80. The molecule has 22 heavy (non-hydrogen) atoms. The van der Waals surface area contributed by atoms with Crippen LogP contribution in [0.4, 0.5) is 5.95 Å². The van der Waals surface area contributed by atoms with Crippen LogP contribution in [0.5, 0.6) is 0 Å². The number of carbonyl (C=O) groups excluding carboxylic acids is 1. The summed E-state index contributed by atoms with van der Waals surface area (Å²) in [4.78, 5) is 22.7. The van der Waals surface area contributed by atoms with Gasteiger partial charge < -0.3 is 10.6 Å². The number of fused-ring (bicyclic) bond motifs is 2. The van der Waals surface area contributed by atoms with Gasteiger partial charge in [-0.25, -0.2) is 9.97 Å². The molecule has 110 valence electrons. The zero-order valence-electron chi connectivity index (χ0n) is 11.9. The summed E-state index contributed by atoms with van der Waals surface area (Å²) in [6.07, 6.45) is 3.31. The maximum absolute atomic E-state index is 12.9. The van der Waals surface area contributed by atoms with Gasteiger partial charge in [0.2, 0.25) is 5.95 Å². The van der Waals surface area contributed by atoms with Crippen LogP contribution in [0, 0.1) is 6.92 Å². The standard InChI is InChI=1S/C14H13N7O/c1-8-12(11-3-2-4-17-21(11)19-8)13(22)20-6-9-5-16-14(15)18-10(9)7-20/h2-5H,6-7H2,1H3,(H2,15,16,18). The number of rotatable bonds is 1. The highest BCUT2D eigenvalue weighted by Crippen LogP contribution is 2.25. The van der Waals surface area contributed by atoms with Crippen LogP contribution in [-0.4, -0.2) is 35.6 Å². The average Bonchev–Trinajstić information content (AvgIpc) is 3.06. The number of anilines is 1. The number of amides is 1. The van der Waals surface area contributed by atoms with Crippen molar-refractivity contribution < 1.29 is 4.79 Å². The van der Waals surface area contributed by atoms with E-state index in [0.717, 1.165) is 11.3 Å². The maximum atomic E-state index is 12.9. The first kappa shape index (κ1) is 12.7. The second kappa shape index (κ2) is 4.48. The summed E-state index contributed by atoms with van der Waals surface area (Å²) in [6, 6.07) is 3.62. The molecule has 0 radical (unpaired) electrons. The number of hydrogen-bond donors (Lipinski definition) is 1. The predicted octanol–water partition coefficient (Wildman–Crippen LogP) is 0.566. The number of carbonyl (C=O) groups is 1. The first-order chi connectivity index (χ1) is 10.6. The fourth-order valence-corrected chi connectivity index (χ4v) is 2.74. The van der Waals surface area contributed by atoms with Gasteiger partial charge in [0, 0.05) is 24.5 Å². The van der Waals surface area contributed by atoms with Crippen molar-refractivity contribution in [2.75, 3.05) is 5.73 Å². The van der Waals surface area contributed by atoms with E-state index in [1.807, 2.05) is 13.0 Å². The second-order valence-corrected chi connectivity index (χ2v) is 5.22. The van der Waals surface area contributed by atoms with Gasteiger partial charge in [0.25, 0.3) is 5.91 Å². The first-order valence-corrected chi connectivity index (χ1v) is 6.83. The summed E-state index contributed by atoms with van der Waals surface area (Å²) in [5.74, 6) is 0.140. The third-order valence-electron chi connectivity index (χ3n) is 3.77. The number of nitrogens with two attached hydrogens (primary N) is 1. The Morgan fingerprint density at radius 2 is 2.23 bits per heavy atom. The molecule has 0 unspecified atom stereocenters. The number of aromatic nitrogens is 5. The van der Waals surface area contributed by atoms with Crippen molar-refractivity contribution >= 4 is 17.4 Å². The Morgan fingerprint density at radius 3 is 3.09 bits per heavy atom. The van der Waals surface area contributed by atoms with Crippen LogP contribution in [0.25, 0.3) is 5.52 Å². The highest BCUT2D eigenvalue weighted by atomic mass is 16.2. The van der Waals surface area contributed by atoms with Gasteiger partial charge >= 0.3 is 0 Å². The van der Waals surface area contributed by atoms with Crippen LogP contribution >= 0.6 is 0 Å². The lowest BCUT2D eigenvalue weighted by Crippen LogP contribution is -2.26. The van der Waals surface area contributed by atoms with Gasteiger partial charge in [-0.3, -0.25) is 4.79 Å². The number of nitrogens with zero attached hydrogens (tertiary/aromatic N) is 6. The highest BCUT2D eigenvalue weighted by Gasteiger charge is 2.29. The van der Waals surface area contributed by atoms with Gasteiger partial charge in [0.1, 0.15) is 5.52 Å². The fraction of sp³-hybridized carbons (Fsp3) is 0.214. The summed E-state index contributed by atoms with van der Waals surface area (Å²) in [6.45, 7) is 2.71. The van der Waals surface area contributed by atoms with Gasteiger partial charge in [-0.15, -0.1) is 0 Å². The molecule has 0 saturated carbocycles. The molecule has 0 aromatic carbocycles. The largest absolute Gasteiger partial charge is 0.368 e. The zero-order chi connectivity index (χ0) is 15.3.